The van der Waals surface area contributed by atoms with Crippen LogP contribution in [0.5, 0.6) is 0 Å². The van der Waals surface area contributed by atoms with Gasteiger partial charge in [0.2, 0.25) is 5.91 Å². The molecule has 0 bridgehead atoms. The van der Waals surface area contributed by atoms with Crippen molar-refractivity contribution in [2.75, 3.05) is 13.2 Å². The van der Waals surface area contributed by atoms with Gasteiger partial charge in [0.15, 0.2) is 0 Å². The van der Waals surface area contributed by atoms with Crippen LogP contribution in [0, 0.1) is 0 Å². The summed E-state index contributed by atoms with van der Waals surface area (Å²) >= 11 is 0. The molecule has 0 aromatic heterocycles. The molecule has 17 heavy (non-hydrogen) atoms. The Hall–Kier alpha value is -0.750. The number of rotatable bonds is 6. The van der Waals surface area contributed by atoms with Crippen molar-refractivity contribution in [3.8, 4) is 0 Å². The van der Waals surface area contributed by atoms with Crippen LogP contribution in [-0.4, -0.2) is 37.6 Å². The molecule has 2 unspecified atom stereocenters. The molecule has 0 aliphatic heterocycles. The highest BCUT2D eigenvalue weighted by Crippen LogP contribution is 2.16. The summed E-state index contributed by atoms with van der Waals surface area (Å²) in [7, 11) is 0. The van der Waals surface area contributed by atoms with Gasteiger partial charge < -0.3 is 15.8 Å². The van der Waals surface area contributed by atoms with E-state index in [1.165, 1.54) is 0 Å². The molecule has 1 aliphatic carbocycles. The molecular weight excluding hydrogens is 230 g/mol. The van der Waals surface area contributed by atoms with Crippen LogP contribution in [0.3, 0.4) is 0 Å². The fourth-order valence-corrected chi connectivity index (χ4v) is 1.95. The number of nitrogens with one attached hydrogen (secondary N) is 1. The second-order valence-electron chi connectivity index (χ2n) is 4.34. The quantitative estimate of drug-likeness (QED) is 0.692. The number of alkyl halides is 2. The number of amides is 1. The standard InChI is InChI=1S/C11H20F2N2O2/c12-10(13)7-17-6-5-11(16)15-9-4-2-1-3-8(9)14/h8-10H,1-7,14H2,(H,15,16). The van der Waals surface area contributed by atoms with Crippen molar-refractivity contribution < 1.29 is 18.3 Å². The van der Waals surface area contributed by atoms with Gasteiger partial charge in [0.05, 0.1) is 6.61 Å². The molecule has 4 nitrogen and oxygen atoms in total. The summed E-state index contributed by atoms with van der Waals surface area (Å²) in [6.45, 7) is -0.589. The molecule has 2 atom stereocenters. The summed E-state index contributed by atoms with van der Waals surface area (Å²) in [5.41, 5.74) is 5.88. The van der Waals surface area contributed by atoms with E-state index in [0.717, 1.165) is 25.7 Å². The second kappa shape index (κ2) is 7.55. The fourth-order valence-electron chi connectivity index (χ4n) is 1.95. The Bertz CT molecular complexity index is 240. The molecule has 1 rings (SSSR count). The third-order valence-electron chi connectivity index (χ3n) is 2.88. The van der Waals surface area contributed by atoms with Crippen molar-refractivity contribution in [2.24, 2.45) is 5.73 Å². The van der Waals surface area contributed by atoms with Crippen molar-refractivity contribution in [2.45, 2.75) is 50.6 Å². The molecule has 1 fully saturated rings. The third kappa shape index (κ3) is 5.93. The van der Waals surface area contributed by atoms with Crippen LogP contribution >= 0.6 is 0 Å². The van der Waals surface area contributed by atoms with Crippen molar-refractivity contribution in [1.29, 1.82) is 0 Å². The van der Waals surface area contributed by atoms with Crippen molar-refractivity contribution in [3.05, 3.63) is 0 Å². The second-order valence-corrected chi connectivity index (χ2v) is 4.34. The predicted molar refractivity (Wildman–Crippen MR) is 59.8 cm³/mol. The molecule has 0 heterocycles. The minimum absolute atomic E-state index is 0.00897. The average molecular weight is 250 g/mol. The maximum atomic E-state index is 11.7. The SMILES string of the molecule is NC1CCCCC1NC(=O)CCOCC(F)F. The van der Waals surface area contributed by atoms with Crippen LogP contribution in [-0.2, 0) is 9.53 Å². The van der Waals surface area contributed by atoms with E-state index >= 15 is 0 Å². The summed E-state index contributed by atoms with van der Waals surface area (Å²) in [6, 6.07) is 0.0287. The lowest BCUT2D eigenvalue weighted by atomic mass is 9.91. The third-order valence-corrected chi connectivity index (χ3v) is 2.88. The highest BCUT2D eigenvalue weighted by molar-refractivity contribution is 5.76. The van der Waals surface area contributed by atoms with E-state index in [4.69, 9.17) is 5.73 Å². The van der Waals surface area contributed by atoms with Gasteiger partial charge in [-0.2, -0.15) is 0 Å². The van der Waals surface area contributed by atoms with Gasteiger partial charge in [-0.3, -0.25) is 4.79 Å². The summed E-state index contributed by atoms with van der Waals surface area (Å²) in [4.78, 5) is 11.5. The summed E-state index contributed by atoms with van der Waals surface area (Å²) in [5, 5.41) is 2.83. The first-order chi connectivity index (χ1) is 8.09. The number of ether oxygens (including phenoxy) is 1. The Kier molecular flexibility index (Phi) is 6.36. The van der Waals surface area contributed by atoms with Gasteiger partial charge in [0.1, 0.15) is 6.61 Å². The van der Waals surface area contributed by atoms with E-state index in [1.807, 2.05) is 0 Å². The van der Waals surface area contributed by atoms with Gasteiger partial charge in [-0.1, -0.05) is 12.8 Å². The normalized spacial score (nSPS) is 24.9. The molecular formula is C11H20F2N2O2. The van der Waals surface area contributed by atoms with Crippen LogP contribution in [0.25, 0.3) is 0 Å². The van der Waals surface area contributed by atoms with Gasteiger partial charge in [0, 0.05) is 18.5 Å². The Balaban J connectivity index is 2.11. The van der Waals surface area contributed by atoms with Crippen LogP contribution in [0.2, 0.25) is 0 Å². The molecule has 0 aromatic rings. The van der Waals surface area contributed by atoms with Crippen LogP contribution in [0.1, 0.15) is 32.1 Å². The number of carbonyl (C=O) groups is 1. The molecule has 1 amide bonds. The zero-order valence-electron chi connectivity index (χ0n) is 9.83. The van der Waals surface area contributed by atoms with E-state index < -0.39 is 13.0 Å². The molecule has 0 radical (unpaired) electrons. The fraction of sp³-hybridized carbons (Fsp3) is 0.909. The number of hydrogen-bond donors (Lipinski definition) is 2. The van der Waals surface area contributed by atoms with E-state index in [1.54, 1.807) is 0 Å². The molecule has 6 heteroatoms. The number of hydrogen-bond acceptors (Lipinski definition) is 3. The molecule has 0 aromatic carbocycles. The van der Waals surface area contributed by atoms with E-state index in [2.05, 4.69) is 10.1 Å². The monoisotopic (exact) mass is 250 g/mol. The molecule has 3 N–H and O–H groups in total. The van der Waals surface area contributed by atoms with Crippen molar-refractivity contribution >= 4 is 5.91 Å². The Labute approximate surface area is 99.9 Å². The van der Waals surface area contributed by atoms with Crippen molar-refractivity contribution in [3.63, 3.8) is 0 Å². The highest BCUT2D eigenvalue weighted by Gasteiger charge is 2.22. The minimum Gasteiger partial charge on any atom is -0.375 e. The van der Waals surface area contributed by atoms with E-state index in [0.29, 0.717) is 0 Å². The highest BCUT2D eigenvalue weighted by atomic mass is 19.3. The summed E-state index contributed by atoms with van der Waals surface area (Å²) < 4.78 is 28.1. The van der Waals surface area contributed by atoms with Crippen LogP contribution < -0.4 is 11.1 Å². The lowest BCUT2D eigenvalue weighted by Gasteiger charge is -2.29. The lowest BCUT2D eigenvalue weighted by molar-refractivity contribution is -0.123. The number of carbonyl (C=O) groups excluding carboxylic acids is 1. The molecule has 100 valence electrons. The number of nitrogens with two attached hydrogens (primary N) is 1. The zero-order valence-corrected chi connectivity index (χ0v) is 9.83. The molecule has 1 aliphatic rings. The summed E-state index contributed by atoms with van der Waals surface area (Å²) in [5.74, 6) is -0.179. The Morgan fingerprint density at radius 3 is 2.76 bits per heavy atom. The first-order valence-corrected chi connectivity index (χ1v) is 6.00. The van der Waals surface area contributed by atoms with E-state index in [9.17, 15) is 13.6 Å². The maximum Gasteiger partial charge on any atom is 0.261 e. The smallest absolute Gasteiger partial charge is 0.261 e. The van der Waals surface area contributed by atoms with Crippen LogP contribution in [0.4, 0.5) is 8.78 Å². The maximum absolute atomic E-state index is 11.7. The topological polar surface area (TPSA) is 64.3 Å². The van der Waals surface area contributed by atoms with Crippen molar-refractivity contribution in [1.82, 2.24) is 5.32 Å². The first kappa shape index (κ1) is 14.3. The molecule has 1 saturated carbocycles. The Morgan fingerprint density at radius 1 is 1.41 bits per heavy atom. The number of halogens is 2. The predicted octanol–water partition coefficient (Wildman–Crippen LogP) is 1.04. The van der Waals surface area contributed by atoms with Gasteiger partial charge in [-0.15, -0.1) is 0 Å². The first-order valence-electron chi connectivity index (χ1n) is 6.00. The minimum atomic E-state index is -2.48. The van der Waals surface area contributed by atoms with Gasteiger partial charge in [-0.05, 0) is 12.8 Å². The van der Waals surface area contributed by atoms with Gasteiger partial charge in [-0.25, -0.2) is 8.78 Å². The van der Waals surface area contributed by atoms with E-state index in [-0.39, 0.29) is 31.0 Å². The molecule has 0 saturated heterocycles. The summed E-state index contributed by atoms with van der Waals surface area (Å²) in [6.07, 6.45) is 1.61. The average Bonchev–Trinajstić information content (AvgIpc) is 2.27. The Morgan fingerprint density at radius 2 is 2.12 bits per heavy atom. The van der Waals surface area contributed by atoms with Gasteiger partial charge in [0.25, 0.3) is 6.43 Å². The lowest BCUT2D eigenvalue weighted by Crippen LogP contribution is -2.49. The van der Waals surface area contributed by atoms with Gasteiger partial charge >= 0.3 is 0 Å². The molecule has 0 spiro atoms. The van der Waals surface area contributed by atoms with Crippen LogP contribution in [0.15, 0.2) is 0 Å². The largest absolute Gasteiger partial charge is 0.375 e. The zero-order chi connectivity index (χ0) is 12.7.